The maximum atomic E-state index is 13.4. The van der Waals surface area contributed by atoms with Crippen LogP contribution < -0.4 is 5.32 Å². The number of aliphatic hydroxyl groups is 2. The van der Waals surface area contributed by atoms with Crippen LogP contribution in [0.5, 0.6) is 0 Å². The zero-order valence-electron chi connectivity index (χ0n) is 18.8. The number of amides is 1. The number of rotatable bonds is 2. The van der Waals surface area contributed by atoms with Crippen molar-refractivity contribution >= 4 is 23.4 Å². The van der Waals surface area contributed by atoms with E-state index in [1.54, 1.807) is 44.2 Å². The second kappa shape index (κ2) is 10.7. The summed E-state index contributed by atoms with van der Waals surface area (Å²) in [6, 6.07) is -1.15. The third-order valence-corrected chi connectivity index (χ3v) is 5.84. The molecule has 6 atom stereocenters. The van der Waals surface area contributed by atoms with Gasteiger partial charge in [-0.25, -0.2) is 0 Å². The Kier molecular flexibility index (Phi) is 8.46. The fourth-order valence-electron chi connectivity index (χ4n) is 3.70. The minimum Gasteiger partial charge on any atom is -0.461 e. The van der Waals surface area contributed by atoms with Crippen LogP contribution in [-0.2, 0) is 23.9 Å². The number of nitrogens with one attached hydrogen (secondary N) is 1. The van der Waals surface area contributed by atoms with Crippen molar-refractivity contribution in [2.45, 2.75) is 64.9 Å². The molecule has 1 amide bonds. The number of esters is 1. The first-order valence-electron chi connectivity index (χ1n) is 10.6. The van der Waals surface area contributed by atoms with E-state index in [9.17, 15) is 29.4 Å². The molecule has 1 aliphatic carbocycles. The number of aliphatic hydroxyl groups excluding tert-OH is 2. The van der Waals surface area contributed by atoms with Crippen LogP contribution in [0.1, 0.15) is 40.5 Å². The molecule has 32 heavy (non-hydrogen) atoms. The highest BCUT2D eigenvalue weighted by molar-refractivity contribution is 6.35. The van der Waals surface area contributed by atoms with Gasteiger partial charge >= 0.3 is 5.97 Å². The molecule has 2 bridgehead atoms. The average Bonchev–Trinajstić information content (AvgIpc) is 2.73. The zero-order chi connectivity index (χ0) is 24.1. The van der Waals surface area contributed by atoms with Crippen LogP contribution in [0.15, 0.2) is 48.1 Å². The first kappa shape index (κ1) is 25.4. The molecule has 174 valence electrons. The smallest absolute Gasteiger partial charge is 0.322 e. The summed E-state index contributed by atoms with van der Waals surface area (Å²) in [6.07, 6.45) is 9.01. The van der Waals surface area contributed by atoms with E-state index < -0.39 is 59.1 Å². The summed E-state index contributed by atoms with van der Waals surface area (Å²) in [5.41, 5.74) is -1.21. The summed E-state index contributed by atoms with van der Waals surface area (Å²) in [7, 11) is 0. The lowest BCUT2D eigenvalue weighted by Crippen LogP contribution is -2.61. The van der Waals surface area contributed by atoms with Crippen LogP contribution in [0, 0.1) is 11.3 Å². The number of Topliss-reactive ketones (excluding diaryl/α,β-unsaturated/α-hetero) is 2. The fraction of sp³-hybridized carbons (Fsp3) is 0.500. The molecule has 8 nitrogen and oxygen atoms in total. The number of ether oxygens (including phenoxy) is 1. The van der Waals surface area contributed by atoms with Crippen molar-refractivity contribution in [1.29, 1.82) is 0 Å². The second-order valence-corrected chi connectivity index (χ2v) is 8.50. The molecule has 2 heterocycles. The lowest BCUT2D eigenvalue weighted by atomic mass is 9.69. The predicted octanol–water partition coefficient (Wildman–Crippen LogP) is 1.33. The van der Waals surface area contributed by atoms with Crippen molar-refractivity contribution in [2.75, 3.05) is 0 Å². The first-order valence-corrected chi connectivity index (χ1v) is 10.6. The number of carbonyl (C=O) groups excluding carboxylic acids is 4. The van der Waals surface area contributed by atoms with E-state index in [1.165, 1.54) is 19.1 Å². The molecule has 0 aromatic rings. The van der Waals surface area contributed by atoms with Crippen LogP contribution in [0.3, 0.4) is 0 Å². The summed E-state index contributed by atoms with van der Waals surface area (Å²) < 4.78 is 5.56. The molecular formula is C24H31NO7. The Morgan fingerprint density at radius 3 is 2.50 bits per heavy atom. The largest absolute Gasteiger partial charge is 0.461 e. The number of ketones is 2. The van der Waals surface area contributed by atoms with Gasteiger partial charge in [0.1, 0.15) is 11.5 Å². The molecule has 8 heteroatoms. The van der Waals surface area contributed by atoms with Crippen molar-refractivity contribution in [3.8, 4) is 0 Å². The van der Waals surface area contributed by atoms with Crippen LogP contribution in [0.25, 0.3) is 0 Å². The predicted molar refractivity (Wildman–Crippen MR) is 117 cm³/mol. The Labute approximate surface area is 187 Å². The van der Waals surface area contributed by atoms with Gasteiger partial charge < -0.3 is 20.3 Å². The molecule has 3 aliphatic rings. The molecule has 0 spiro atoms. The molecule has 3 rings (SSSR count). The maximum absolute atomic E-state index is 13.4. The summed E-state index contributed by atoms with van der Waals surface area (Å²) >= 11 is 0. The lowest BCUT2D eigenvalue weighted by molar-refractivity contribution is -0.181. The molecule has 0 radical (unpaired) electrons. The minimum absolute atomic E-state index is 0.0303. The van der Waals surface area contributed by atoms with Gasteiger partial charge in [-0.05, 0) is 20.3 Å². The normalized spacial score (nSPS) is 38.6. The van der Waals surface area contributed by atoms with E-state index in [0.717, 1.165) is 6.92 Å². The number of hydrogen-bond acceptors (Lipinski definition) is 7. The Hall–Kier alpha value is -2.84. The van der Waals surface area contributed by atoms with Gasteiger partial charge in [0, 0.05) is 13.3 Å². The van der Waals surface area contributed by atoms with Gasteiger partial charge in [-0.15, -0.1) is 0 Å². The number of hydrogen-bond donors (Lipinski definition) is 3. The van der Waals surface area contributed by atoms with Gasteiger partial charge in [0.2, 0.25) is 5.78 Å². The first-order chi connectivity index (χ1) is 15.0. The number of fused-ring (bicyclic) bond motifs is 10. The molecule has 2 aliphatic heterocycles. The third kappa shape index (κ3) is 5.89. The van der Waals surface area contributed by atoms with Gasteiger partial charge in [0.25, 0.3) is 5.91 Å². The summed E-state index contributed by atoms with van der Waals surface area (Å²) in [4.78, 5) is 50.1. The van der Waals surface area contributed by atoms with E-state index in [2.05, 4.69) is 5.32 Å². The Bertz CT molecular complexity index is 885. The van der Waals surface area contributed by atoms with Gasteiger partial charge in [-0.2, -0.15) is 0 Å². The molecular weight excluding hydrogens is 414 g/mol. The van der Waals surface area contributed by atoms with Gasteiger partial charge in [-0.3, -0.25) is 19.2 Å². The van der Waals surface area contributed by atoms with Crippen molar-refractivity contribution in [1.82, 2.24) is 5.32 Å². The Balaban J connectivity index is 2.55. The molecule has 0 aromatic carbocycles. The molecule has 0 unspecified atom stereocenters. The van der Waals surface area contributed by atoms with E-state index in [1.807, 2.05) is 0 Å². The van der Waals surface area contributed by atoms with E-state index >= 15 is 0 Å². The van der Waals surface area contributed by atoms with Crippen LogP contribution >= 0.6 is 0 Å². The molecule has 1 fully saturated rings. The van der Waals surface area contributed by atoms with Gasteiger partial charge in [0.15, 0.2) is 5.78 Å². The SMILES string of the molecule is CC(=O)C(=O)N[C@@H]1/C=C(C)/C=C/[C@@H](O)C/C=C/C=C/[C@@H](O)C[C@H]2OC(=O)[C@]1(C)C(=O)[C@@H]2C. The van der Waals surface area contributed by atoms with Gasteiger partial charge in [-0.1, -0.05) is 55.0 Å². The van der Waals surface area contributed by atoms with E-state index in [-0.39, 0.29) is 6.42 Å². The van der Waals surface area contributed by atoms with Crippen LogP contribution in [-0.4, -0.2) is 58.0 Å². The lowest BCUT2D eigenvalue weighted by Gasteiger charge is -2.42. The highest BCUT2D eigenvalue weighted by Crippen LogP contribution is 2.38. The number of carbonyl (C=O) groups is 4. The van der Waals surface area contributed by atoms with E-state index in [4.69, 9.17) is 4.74 Å². The molecule has 1 saturated heterocycles. The molecule has 0 saturated carbocycles. The second-order valence-electron chi connectivity index (χ2n) is 8.50. The van der Waals surface area contributed by atoms with Crippen molar-refractivity contribution < 1.29 is 34.1 Å². The average molecular weight is 446 g/mol. The fourth-order valence-corrected chi connectivity index (χ4v) is 3.70. The third-order valence-electron chi connectivity index (χ3n) is 5.84. The summed E-state index contributed by atoms with van der Waals surface area (Å²) in [5.74, 6) is -3.74. The highest BCUT2D eigenvalue weighted by atomic mass is 16.5. The quantitative estimate of drug-likeness (QED) is 0.332. The monoisotopic (exact) mass is 445 g/mol. The molecule has 3 N–H and O–H groups in total. The molecule has 0 aromatic heterocycles. The maximum Gasteiger partial charge on any atom is 0.322 e. The van der Waals surface area contributed by atoms with Crippen molar-refractivity contribution in [3.63, 3.8) is 0 Å². The Morgan fingerprint density at radius 1 is 1.16 bits per heavy atom. The van der Waals surface area contributed by atoms with Gasteiger partial charge in [0.05, 0.1) is 24.2 Å². The zero-order valence-corrected chi connectivity index (χ0v) is 18.8. The standard InChI is InChI=1S/C24H31NO7/c1-14-10-11-17(27)8-6-5-7-9-18(28)13-19-15(2)21(29)24(4,23(31)32-19)20(12-14)25-22(30)16(3)26/h5-7,9-12,15,17-20,27-28H,8,13H2,1-4H3,(H,25,30)/b6-5+,9-7+,11-10+,14-12+/t15-,17+,18-,19-,20-,24+/m1/s1. The summed E-state index contributed by atoms with van der Waals surface area (Å²) in [5, 5.41) is 22.9. The van der Waals surface area contributed by atoms with Crippen molar-refractivity contribution in [3.05, 3.63) is 48.1 Å². The van der Waals surface area contributed by atoms with E-state index in [0.29, 0.717) is 12.0 Å². The topological polar surface area (TPSA) is 130 Å². The Morgan fingerprint density at radius 2 is 1.84 bits per heavy atom. The van der Waals surface area contributed by atoms with Crippen molar-refractivity contribution in [2.24, 2.45) is 11.3 Å². The summed E-state index contributed by atoms with van der Waals surface area (Å²) in [6.45, 7) is 5.77. The minimum atomic E-state index is -1.77. The number of allylic oxidation sites excluding steroid dienone is 4. The van der Waals surface area contributed by atoms with Crippen LogP contribution in [0.2, 0.25) is 0 Å². The van der Waals surface area contributed by atoms with Crippen LogP contribution in [0.4, 0.5) is 0 Å². The highest BCUT2D eigenvalue weighted by Gasteiger charge is 2.56.